The Hall–Kier alpha value is -2.75. The van der Waals surface area contributed by atoms with Crippen LogP contribution in [0.15, 0.2) is 54.9 Å². The van der Waals surface area contributed by atoms with Gasteiger partial charge in [0.15, 0.2) is 0 Å². The van der Waals surface area contributed by atoms with Crippen LogP contribution in [0, 0.1) is 6.92 Å². The molecule has 0 bridgehead atoms. The maximum absolute atomic E-state index is 12.1. The second-order valence-corrected chi connectivity index (χ2v) is 4.86. The van der Waals surface area contributed by atoms with Gasteiger partial charge < -0.3 is 5.32 Å². The minimum absolute atomic E-state index is 0.123. The normalized spacial score (nSPS) is 10.5. The Kier molecular flexibility index (Phi) is 3.60. The number of amides is 1. The molecule has 0 atom stereocenters. The van der Waals surface area contributed by atoms with Crippen LogP contribution in [-0.4, -0.2) is 15.9 Å². The van der Waals surface area contributed by atoms with E-state index in [1.165, 1.54) is 0 Å². The smallest absolute Gasteiger partial charge is 0.253 e. The van der Waals surface area contributed by atoms with E-state index in [-0.39, 0.29) is 5.91 Å². The minimum Gasteiger partial charge on any atom is -0.348 e. The van der Waals surface area contributed by atoms with E-state index in [0.717, 1.165) is 22.2 Å². The Morgan fingerprint density at radius 2 is 2.05 bits per heavy atom. The number of fused-ring (bicyclic) bond motifs is 1. The molecule has 0 radical (unpaired) electrons. The molecule has 3 rings (SSSR count). The summed E-state index contributed by atoms with van der Waals surface area (Å²) in [4.78, 5) is 20.5. The van der Waals surface area contributed by atoms with Gasteiger partial charge in [0.25, 0.3) is 5.91 Å². The minimum atomic E-state index is -0.123. The van der Waals surface area contributed by atoms with Crippen molar-refractivity contribution in [1.29, 1.82) is 0 Å². The molecule has 2 aromatic heterocycles. The van der Waals surface area contributed by atoms with Gasteiger partial charge >= 0.3 is 0 Å². The summed E-state index contributed by atoms with van der Waals surface area (Å²) in [6.45, 7) is 2.43. The quantitative estimate of drug-likeness (QED) is 0.801. The van der Waals surface area contributed by atoms with Gasteiger partial charge in [-0.2, -0.15) is 0 Å². The number of pyridine rings is 2. The molecule has 0 aliphatic rings. The monoisotopic (exact) mass is 277 g/mol. The van der Waals surface area contributed by atoms with Crippen molar-refractivity contribution in [2.24, 2.45) is 0 Å². The first-order valence-electron chi connectivity index (χ1n) is 6.77. The van der Waals surface area contributed by atoms with Crippen LogP contribution in [0.1, 0.15) is 21.6 Å². The van der Waals surface area contributed by atoms with E-state index in [1.54, 1.807) is 24.5 Å². The van der Waals surface area contributed by atoms with E-state index in [0.29, 0.717) is 12.1 Å². The molecule has 104 valence electrons. The van der Waals surface area contributed by atoms with Gasteiger partial charge in [-0.15, -0.1) is 0 Å². The van der Waals surface area contributed by atoms with Crippen molar-refractivity contribution in [2.45, 2.75) is 13.5 Å². The van der Waals surface area contributed by atoms with Gasteiger partial charge in [0, 0.05) is 30.0 Å². The van der Waals surface area contributed by atoms with Crippen LogP contribution in [0.2, 0.25) is 0 Å². The third kappa shape index (κ3) is 2.89. The number of carbonyl (C=O) groups excluding carboxylic acids is 1. The Bertz CT molecular complexity index is 784. The van der Waals surface area contributed by atoms with Crippen molar-refractivity contribution in [2.75, 3.05) is 0 Å². The Morgan fingerprint density at radius 1 is 1.19 bits per heavy atom. The molecule has 0 saturated carbocycles. The van der Waals surface area contributed by atoms with Gasteiger partial charge in [-0.3, -0.25) is 14.8 Å². The topological polar surface area (TPSA) is 54.9 Å². The maximum Gasteiger partial charge on any atom is 0.253 e. The van der Waals surface area contributed by atoms with E-state index >= 15 is 0 Å². The molecule has 4 nitrogen and oxygen atoms in total. The van der Waals surface area contributed by atoms with E-state index in [2.05, 4.69) is 15.3 Å². The predicted molar refractivity (Wildman–Crippen MR) is 81.9 cm³/mol. The van der Waals surface area contributed by atoms with Gasteiger partial charge in [0.05, 0.1) is 11.1 Å². The Balaban J connectivity index is 1.84. The van der Waals surface area contributed by atoms with E-state index < -0.39 is 0 Å². The van der Waals surface area contributed by atoms with Gasteiger partial charge in [-0.05, 0) is 36.8 Å². The molecule has 0 unspecified atom stereocenters. The second kappa shape index (κ2) is 5.71. The number of benzene rings is 1. The summed E-state index contributed by atoms with van der Waals surface area (Å²) in [5.74, 6) is -0.123. The number of nitrogens with zero attached hydrogens (tertiary/aromatic N) is 2. The highest BCUT2D eigenvalue weighted by atomic mass is 16.1. The largest absolute Gasteiger partial charge is 0.348 e. The molecule has 3 aromatic rings. The number of para-hydroxylation sites is 1. The molecule has 0 fully saturated rings. The summed E-state index contributed by atoms with van der Waals surface area (Å²) in [5.41, 5.74) is 3.52. The fourth-order valence-electron chi connectivity index (χ4n) is 2.32. The second-order valence-electron chi connectivity index (χ2n) is 4.86. The van der Waals surface area contributed by atoms with Crippen molar-refractivity contribution in [3.63, 3.8) is 0 Å². The predicted octanol–water partition coefficient (Wildman–Crippen LogP) is 2.87. The van der Waals surface area contributed by atoms with Crippen LogP contribution < -0.4 is 5.32 Å². The van der Waals surface area contributed by atoms with Crippen LogP contribution in [0.3, 0.4) is 0 Å². The van der Waals surface area contributed by atoms with Crippen molar-refractivity contribution in [3.05, 3.63) is 71.7 Å². The average Bonchev–Trinajstić information content (AvgIpc) is 2.53. The van der Waals surface area contributed by atoms with E-state index in [1.807, 2.05) is 37.3 Å². The molecule has 21 heavy (non-hydrogen) atoms. The zero-order valence-corrected chi connectivity index (χ0v) is 11.7. The molecular formula is C17H15N3O. The molecule has 0 saturated heterocycles. The first kappa shape index (κ1) is 13.2. The van der Waals surface area contributed by atoms with Gasteiger partial charge in [-0.1, -0.05) is 18.2 Å². The number of nitrogens with one attached hydrogen (secondary N) is 1. The lowest BCUT2D eigenvalue weighted by atomic mass is 10.1. The summed E-state index contributed by atoms with van der Waals surface area (Å²) >= 11 is 0. The fraction of sp³-hybridized carbons (Fsp3) is 0.118. The highest BCUT2D eigenvalue weighted by molar-refractivity contribution is 5.94. The molecule has 4 heteroatoms. The summed E-state index contributed by atoms with van der Waals surface area (Å²) in [6, 6.07) is 13.5. The lowest BCUT2D eigenvalue weighted by molar-refractivity contribution is 0.0950. The molecule has 1 aromatic carbocycles. The number of aryl methyl sites for hydroxylation is 1. The first-order valence-corrected chi connectivity index (χ1v) is 6.77. The molecule has 1 amide bonds. The summed E-state index contributed by atoms with van der Waals surface area (Å²) in [7, 11) is 0. The first-order chi connectivity index (χ1) is 10.2. The van der Waals surface area contributed by atoms with Crippen LogP contribution in [0.5, 0.6) is 0 Å². The molecule has 2 heterocycles. The molecule has 0 spiro atoms. The number of carbonyl (C=O) groups is 1. The summed E-state index contributed by atoms with van der Waals surface area (Å²) in [5, 5.41) is 3.99. The van der Waals surface area contributed by atoms with Crippen LogP contribution in [0.4, 0.5) is 0 Å². The van der Waals surface area contributed by atoms with Crippen LogP contribution >= 0.6 is 0 Å². The lowest BCUT2D eigenvalue weighted by Crippen LogP contribution is -2.23. The van der Waals surface area contributed by atoms with Crippen LogP contribution in [0.25, 0.3) is 10.9 Å². The van der Waals surface area contributed by atoms with Crippen molar-refractivity contribution < 1.29 is 4.79 Å². The Morgan fingerprint density at radius 3 is 2.86 bits per heavy atom. The SMILES string of the molecule is Cc1cc(CNC(=O)c2cccnc2)c2ccccc2n1. The molecule has 0 aliphatic carbocycles. The van der Waals surface area contributed by atoms with Gasteiger partial charge in [0.1, 0.15) is 0 Å². The lowest BCUT2D eigenvalue weighted by Gasteiger charge is -2.09. The van der Waals surface area contributed by atoms with E-state index in [9.17, 15) is 4.79 Å². The van der Waals surface area contributed by atoms with Crippen molar-refractivity contribution in [3.8, 4) is 0 Å². The number of rotatable bonds is 3. The van der Waals surface area contributed by atoms with Crippen molar-refractivity contribution in [1.82, 2.24) is 15.3 Å². The number of hydrogen-bond donors (Lipinski definition) is 1. The number of aromatic nitrogens is 2. The summed E-state index contributed by atoms with van der Waals surface area (Å²) < 4.78 is 0. The third-order valence-corrected chi connectivity index (χ3v) is 3.29. The summed E-state index contributed by atoms with van der Waals surface area (Å²) in [6.07, 6.45) is 3.21. The zero-order chi connectivity index (χ0) is 14.7. The zero-order valence-electron chi connectivity index (χ0n) is 11.7. The average molecular weight is 277 g/mol. The molecular weight excluding hydrogens is 262 g/mol. The van der Waals surface area contributed by atoms with Gasteiger partial charge in [0.2, 0.25) is 0 Å². The number of hydrogen-bond acceptors (Lipinski definition) is 3. The fourth-order valence-corrected chi connectivity index (χ4v) is 2.32. The molecule has 1 N–H and O–H groups in total. The van der Waals surface area contributed by atoms with Crippen LogP contribution in [-0.2, 0) is 6.54 Å². The van der Waals surface area contributed by atoms with Gasteiger partial charge in [-0.25, -0.2) is 0 Å². The third-order valence-electron chi connectivity index (χ3n) is 3.29. The highest BCUT2D eigenvalue weighted by Crippen LogP contribution is 2.18. The maximum atomic E-state index is 12.1. The molecule has 0 aliphatic heterocycles. The standard InChI is InChI=1S/C17H15N3O/c1-12-9-14(15-6-2-3-7-16(15)20-12)11-19-17(21)13-5-4-8-18-10-13/h2-10H,11H2,1H3,(H,19,21). The highest BCUT2D eigenvalue weighted by Gasteiger charge is 2.07. The Labute approximate surface area is 122 Å². The van der Waals surface area contributed by atoms with Crippen molar-refractivity contribution >= 4 is 16.8 Å². The van der Waals surface area contributed by atoms with E-state index in [4.69, 9.17) is 0 Å².